The number of nitrogens with one attached hydrogen (secondary N) is 1. The largest absolute Gasteiger partial charge is 0.490 e. The van der Waals surface area contributed by atoms with Crippen LogP contribution in [0.5, 0.6) is 5.75 Å². The van der Waals surface area contributed by atoms with Crippen molar-refractivity contribution in [3.05, 3.63) is 0 Å². The molecule has 0 amide bonds. The molecule has 1 unspecified atom stereocenters. The van der Waals surface area contributed by atoms with E-state index in [0.717, 1.165) is 16.8 Å². The second-order valence-corrected chi connectivity index (χ2v) is 5.63. The number of thioether (sulfide) groups is 1. The van der Waals surface area contributed by atoms with Crippen molar-refractivity contribution in [3.63, 3.8) is 0 Å². The van der Waals surface area contributed by atoms with E-state index in [1.54, 1.807) is 7.11 Å². The van der Waals surface area contributed by atoms with Gasteiger partial charge in [0.1, 0.15) is 0 Å². The monoisotopic (exact) mass is 245 g/mol. The van der Waals surface area contributed by atoms with E-state index in [1.165, 1.54) is 30.1 Å². The van der Waals surface area contributed by atoms with Gasteiger partial charge in [0.25, 0.3) is 0 Å². The predicted octanol–water partition coefficient (Wildman–Crippen LogP) is 2.04. The average Bonchev–Trinajstić information content (AvgIpc) is 2.84. The van der Waals surface area contributed by atoms with Gasteiger partial charge in [0.15, 0.2) is 16.6 Å². The molecule has 0 spiro atoms. The molecule has 0 aromatic carbocycles. The number of rotatable bonds is 4. The molecule has 1 aliphatic rings. The van der Waals surface area contributed by atoms with Gasteiger partial charge in [0.05, 0.1) is 7.11 Å². The van der Waals surface area contributed by atoms with Gasteiger partial charge in [0, 0.05) is 11.8 Å². The van der Waals surface area contributed by atoms with Crippen LogP contribution in [0.1, 0.15) is 12.8 Å². The zero-order valence-electron chi connectivity index (χ0n) is 8.66. The third-order valence-electron chi connectivity index (χ3n) is 2.39. The lowest BCUT2D eigenvalue weighted by atomic mass is 10.2. The molecule has 1 atom stereocenters. The summed E-state index contributed by atoms with van der Waals surface area (Å²) in [5.41, 5.74) is 5.66. The van der Waals surface area contributed by atoms with Gasteiger partial charge >= 0.3 is 0 Å². The third kappa shape index (κ3) is 2.49. The molecule has 84 valence electrons. The molecule has 1 aromatic heterocycles. The van der Waals surface area contributed by atoms with Crippen LogP contribution in [0, 0.1) is 0 Å². The molecule has 2 rings (SSSR count). The van der Waals surface area contributed by atoms with Crippen molar-refractivity contribution in [2.24, 2.45) is 0 Å². The van der Waals surface area contributed by atoms with E-state index in [-0.39, 0.29) is 0 Å². The van der Waals surface area contributed by atoms with Gasteiger partial charge in [-0.1, -0.05) is 0 Å². The van der Waals surface area contributed by atoms with Gasteiger partial charge in [0.2, 0.25) is 0 Å². The first-order valence-electron chi connectivity index (χ1n) is 4.96. The molecule has 1 fully saturated rings. The molecule has 0 aliphatic carbocycles. The summed E-state index contributed by atoms with van der Waals surface area (Å²) in [7, 11) is 1.62. The number of anilines is 2. The van der Waals surface area contributed by atoms with Gasteiger partial charge in [-0.05, 0) is 30.1 Å². The molecule has 1 aliphatic heterocycles. The first-order chi connectivity index (χ1) is 7.31. The van der Waals surface area contributed by atoms with Crippen molar-refractivity contribution in [3.8, 4) is 5.75 Å². The second kappa shape index (κ2) is 4.94. The minimum absolute atomic E-state index is 0.476. The molecule has 15 heavy (non-hydrogen) atoms. The summed E-state index contributed by atoms with van der Waals surface area (Å²) in [6.07, 6.45) is 2.63. The van der Waals surface area contributed by atoms with E-state index in [2.05, 4.69) is 9.69 Å². The zero-order chi connectivity index (χ0) is 10.7. The number of nitrogens with two attached hydrogens (primary N) is 1. The maximum absolute atomic E-state index is 5.66. The number of nitrogens with zero attached hydrogens (tertiary/aromatic N) is 1. The number of nitrogen functional groups attached to an aromatic ring is 1. The van der Waals surface area contributed by atoms with Gasteiger partial charge in [-0.15, -0.1) is 0 Å². The van der Waals surface area contributed by atoms with Crippen molar-refractivity contribution < 1.29 is 4.74 Å². The first kappa shape index (κ1) is 10.9. The van der Waals surface area contributed by atoms with Crippen molar-refractivity contribution in [2.45, 2.75) is 18.1 Å². The molecule has 6 heteroatoms. The summed E-state index contributed by atoms with van der Waals surface area (Å²) in [5, 5.41) is 5.02. The number of aromatic nitrogens is 1. The summed E-state index contributed by atoms with van der Waals surface area (Å²) in [6, 6.07) is 0. The van der Waals surface area contributed by atoms with Gasteiger partial charge in [-0.3, -0.25) is 0 Å². The molecule has 1 aromatic rings. The van der Waals surface area contributed by atoms with Crippen molar-refractivity contribution in [2.75, 3.05) is 30.5 Å². The van der Waals surface area contributed by atoms with Crippen molar-refractivity contribution >= 4 is 34.1 Å². The fourth-order valence-electron chi connectivity index (χ4n) is 1.62. The first-order valence-corrected chi connectivity index (χ1v) is 6.78. The molecular weight excluding hydrogens is 230 g/mol. The summed E-state index contributed by atoms with van der Waals surface area (Å²) < 4.78 is 9.24. The summed E-state index contributed by atoms with van der Waals surface area (Å²) in [6.45, 7) is 0.975. The van der Waals surface area contributed by atoms with E-state index in [1.807, 2.05) is 11.8 Å². The highest BCUT2D eigenvalue weighted by Gasteiger charge is 2.17. The van der Waals surface area contributed by atoms with Crippen LogP contribution in [-0.2, 0) is 0 Å². The van der Waals surface area contributed by atoms with Crippen LogP contribution in [0.25, 0.3) is 0 Å². The summed E-state index contributed by atoms with van der Waals surface area (Å²) in [5.74, 6) is 2.45. The van der Waals surface area contributed by atoms with Crippen LogP contribution in [0.3, 0.4) is 0 Å². The fourth-order valence-corrected chi connectivity index (χ4v) is 3.51. The number of hydrogen-bond donors (Lipinski definition) is 2. The van der Waals surface area contributed by atoms with Crippen LogP contribution in [0.2, 0.25) is 0 Å². The lowest BCUT2D eigenvalue weighted by Crippen LogP contribution is -2.13. The Kier molecular flexibility index (Phi) is 3.58. The Morgan fingerprint density at radius 3 is 3.20 bits per heavy atom. The normalized spacial score (nSPS) is 20.5. The van der Waals surface area contributed by atoms with Crippen LogP contribution >= 0.6 is 23.3 Å². The van der Waals surface area contributed by atoms with Gasteiger partial charge < -0.3 is 15.8 Å². The maximum atomic E-state index is 5.66. The SMILES string of the molecule is COc1c(N)nsc1NCC1CCCS1. The van der Waals surface area contributed by atoms with Crippen LogP contribution < -0.4 is 15.8 Å². The predicted molar refractivity (Wildman–Crippen MR) is 67.0 cm³/mol. The quantitative estimate of drug-likeness (QED) is 0.850. The Hall–Kier alpha value is -0.620. The van der Waals surface area contributed by atoms with Crippen LogP contribution in [0.15, 0.2) is 0 Å². The molecule has 0 radical (unpaired) electrons. The molecule has 0 bridgehead atoms. The number of methoxy groups -OCH3 is 1. The Morgan fingerprint density at radius 1 is 1.67 bits per heavy atom. The Bertz CT molecular complexity index is 323. The third-order valence-corrected chi connectivity index (χ3v) is 4.59. The molecule has 2 heterocycles. The Morgan fingerprint density at radius 2 is 2.53 bits per heavy atom. The van der Waals surface area contributed by atoms with Crippen molar-refractivity contribution in [1.29, 1.82) is 0 Å². The van der Waals surface area contributed by atoms with E-state index >= 15 is 0 Å². The Labute approximate surface area is 97.7 Å². The minimum atomic E-state index is 0.476. The van der Waals surface area contributed by atoms with E-state index < -0.39 is 0 Å². The maximum Gasteiger partial charge on any atom is 0.197 e. The highest BCUT2D eigenvalue weighted by atomic mass is 32.2. The van der Waals surface area contributed by atoms with Gasteiger partial charge in [-0.25, -0.2) is 0 Å². The standard InChI is InChI=1S/C9H15N3OS2/c1-13-7-8(10)12-15-9(7)11-5-6-3-2-4-14-6/h6,11H,2-5H2,1H3,(H2,10,12). The Balaban J connectivity index is 1.92. The van der Waals surface area contributed by atoms with Crippen LogP contribution in [0.4, 0.5) is 10.8 Å². The lowest BCUT2D eigenvalue weighted by Gasteiger charge is -2.10. The fraction of sp³-hybridized carbons (Fsp3) is 0.667. The average molecular weight is 245 g/mol. The molecule has 1 saturated heterocycles. The van der Waals surface area contributed by atoms with Crippen molar-refractivity contribution in [1.82, 2.24) is 4.37 Å². The number of hydrogen-bond acceptors (Lipinski definition) is 6. The highest BCUT2D eigenvalue weighted by Crippen LogP contribution is 2.35. The molecule has 3 N–H and O–H groups in total. The van der Waals surface area contributed by atoms with E-state index in [0.29, 0.717) is 11.6 Å². The smallest absolute Gasteiger partial charge is 0.197 e. The van der Waals surface area contributed by atoms with E-state index in [4.69, 9.17) is 10.5 Å². The summed E-state index contributed by atoms with van der Waals surface area (Å²) in [4.78, 5) is 0. The lowest BCUT2D eigenvalue weighted by molar-refractivity contribution is 0.419. The topological polar surface area (TPSA) is 60.2 Å². The zero-order valence-corrected chi connectivity index (χ0v) is 10.3. The van der Waals surface area contributed by atoms with Crippen LogP contribution in [-0.4, -0.2) is 29.0 Å². The number of ether oxygens (including phenoxy) is 1. The highest BCUT2D eigenvalue weighted by molar-refractivity contribution is 8.00. The molecule has 4 nitrogen and oxygen atoms in total. The molecular formula is C9H15N3OS2. The summed E-state index contributed by atoms with van der Waals surface area (Å²) >= 11 is 3.40. The second-order valence-electron chi connectivity index (χ2n) is 3.45. The van der Waals surface area contributed by atoms with Gasteiger partial charge in [-0.2, -0.15) is 16.1 Å². The van der Waals surface area contributed by atoms with E-state index in [9.17, 15) is 0 Å². The minimum Gasteiger partial charge on any atom is -0.490 e. The molecule has 0 saturated carbocycles.